The molecule has 0 bridgehead atoms. The summed E-state index contributed by atoms with van der Waals surface area (Å²) >= 11 is 5.78. The van der Waals surface area contributed by atoms with Crippen LogP contribution in [0.25, 0.3) is 0 Å². The van der Waals surface area contributed by atoms with Gasteiger partial charge in [-0.15, -0.1) is 0 Å². The smallest absolute Gasteiger partial charge is 0.127 e. The molecule has 2 N–H and O–H groups in total. The molecule has 104 valence electrons. The monoisotopic (exact) mass is 289 g/mol. The van der Waals surface area contributed by atoms with E-state index in [4.69, 9.17) is 17.3 Å². The zero-order chi connectivity index (χ0) is 14.1. The Balaban J connectivity index is 1.79. The van der Waals surface area contributed by atoms with Crippen LogP contribution in [0.1, 0.15) is 29.0 Å². The van der Waals surface area contributed by atoms with Crippen LogP contribution >= 0.6 is 11.6 Å². The maximum atomic E-state index is 13.9. The van der Waals surface area contributed by atoms with E-state index in [2.05, 4.69) is 18.2 Å². The molecule has 1 aliphatic carbocycles. The summed E-state index contributed by atoms with van der Waals surface area (Å²) in [5, 5.41) is 0.422. The Morgan fingerprint density at radius 3 is 2.85 bits per heavy atom. The van der Waals surface area contributed by atoms with Crippen molar-refractivity contribution in [1.29, 1.82) is 0 Å². The molecule has 0 fully saturated rings. The molecule has 1 nitrogen and oxygen atoms in total. The molecule has 0 heterocycles. The fourth-order valence-electron chi connectivity index (χ4n) is 3.12. The second kappa shape index (κ2) is 5.55. The number of aryl methyl sites for hydroxylation is 1. The molecule has 3 heteroatoms. The van der Waals surface area contributed by atoms with Crippen molar-refractivity contribution in [2.24, 2.45) is 5.73 Å². The first kappa shape index (κ1) is 13.6. The van der Waals surface area contributed by atoms with Crippen molar-refractivity contribution in [2.45, 2.75) is 31.2 Å². The third kappa shape index (κ3) is 2.58. The molecule has 0 amide bonds. The SMILES string of the molecule is NC(Cc1ccc(Cl)cc1F)C1CCc2ccccc21. The molecule has 2 aromatic rings. The van der Waals surface area contributed by atoms with Crippen LogP contribution in [0.5, 0.6) is 0 Å². The first-order valence-electron chi connectivity index (χ1n) is 6.92. The van der Waals surface area contributed by atoms with E-state index in [1.165, 1.54) is 17.2 Å². The van der Waals surface area contributed by atoms with E-state index >= 15 is 0 Å². The fourth-order valence-corrected chi connectivity index (χ4v) is 3.28. The maximum absolute atomic E-state index is 13.9. The Labute approximate surface area is 123 Å². The zero-order valence-corrected chi connectivity index (χ0v) is 11.9. The van der Waals surface area contributed by atoms with Gasteiger partial charge in [-0.3, -0.25) is 0 Å². The normalized spacial score (nSPS) is 18.9. The van der Waals surface area contributed by atoms with Crippen LogP contribution in [0.2, 0.25) is 5.02 Å². The van der Waals surface area contributed by atoms with Crippen LogP contribution in [0.3, 0.4) is 0 Å². The summed E-state index contributed by atoms with van der Waals surface area (Å²) in [5.74, 6) is 0.0560. The van der Waals surface area contributed by atoms with E-state index < -0.39 is 0 Å². The van der Waals surface area contributed by atoms with Crippen molar-refractivity contribution in [1.82, 2.24) is 0 Å². The molecule has 2 atom stereocenters. The number of hydrogen-bond donors (Lipinski definition) is 1. The van der Waals surface area contributed by atoms with Crippen molar-refractivity contribution >= 4 is 11.6 Å². The van der Waals surface area contributed by atoms with Crippen molar-refractivity contribution in [3.8, 4) is 0 Å². The van der Waals surface area contributed by atoms with Gasteiger partial charge in [0.2, 0.25) is 0 Å². The number of rotatable bonds is 3. The average molecular weight is 290 g/mol. The first-order valence-corrected chi connectivity index (χ1v) is 7.30. The largest absolute Gasteiger partial charge is 0.327 e. The summed E-state index contributed by atoms with van der Waals surface area (Å²) in [6, 6.07) is 13.2. The van der Waals surface area contributed by atoms with Crippen LogP contribution in [0.15, 0.2) is 42.5 Å². The van der Waals surface area contributed by atoms with Gasteiger partial charge in [-0.2, -0.15) is 0 Å². The highest BCUT2D eigenvalue weighted by Crippen LogP contribution is 2.35. The third-order valence-corrected chi connectivity index (χ3v) is 4.40. The number of fused-ring (bicyclic) bond motifs is 1. The summed E-state index contributed by atoms with van der Waals surface area (Å²) < 4.78 is 13.9. The molecule has 0 aromatic heterocycles. The van der Waals surface area contributed by atoms with Gasteiger partial charge in [0, 0.05) is 11.1 Å². The highest BCUT2D eigenvalue weighted by Gasteiger charge is 2.27. The lowest BCUT2D eigenvalue weighted by Crippen LogP contribution is -2.30. The second-order valence-corrected chi connectivity index (χ2v) is 5.88. The molecular weight excluding hydrogens is 273 g/mol. The Bertz CT molecular complexity index is 626. The lowest BCUT2D eigenvalue weighted by atomic mass is 9.89. The Kier molecular flexibility index (Phi) is 3.77. The van der Waals surface area contributed by atoms with Gasteiger partial charge in [-0.1, -0.05) is 41.9 Å². The first-order chi connectivity index (χ1) is 9.65. The van der Waals surface area contributed by atoms with Gasteiger partial charge in [-0.05, 0) is 54.0 Å². The maximum Gasteiger partial charge on any atom is 0.127 e. The minimum Gasteiger partial charge on any atom is -0.327 e. The number of halogens is 2. The molecule has 2 unspecified atom stereocenters. The lowest BCUT2D eigenvalue weighted by molar-refractivity contribution is 0.510. The number of hydrogen-bond acceptors (Lipinski definition) is 1. The van der Waals surface area contributed by atoms with Crippen LogP contribution in [0, 0.1) is 5.82 Å². The standard InChI is InChI=1S/C17H17ClFN/c18-13-7-5-12(16(19)10-13)9-17(20)15-8-6-11-3-1-2-4-14(11)15/h1-5,7,10,15,17H,6,8-9,20H2. The van der Waals surface area contributed by atoms with E-state index in [1.54, 1.807) is 12.1 Å². The summed E-state index contributed by atoms with van der Waals surface area (Å²) in [4.78, 5) is 0. The molecule has 2 aromatic carbocycles. The molecule has 3 rings (SSSR count). The second-order valence-electron chi connectivity index (χ2n) is 5.45. The van der Waals surface area contributed by atoms with Crippen molar-refractivity contribution in [2.75, 3.05) is 0 Å². The number of benzene rings is 2. The van der Waals surface area contributed by atoms with Crippen molar-refractivity contribution < 1.29 is 4.39 Å². The summed E-state index contributed by atoms with van der Waals surface area (Å²) in [7, 11) is 0. The quantitative estimate of drug-likeness (QED) is 0.905. The minimum absolute atomic E-state index is 0.0608. The molecule has 0 aliphatic heterocycles. The predicted octanol–water partition coefficient (Wildman–Crippen LogP) is 4.08. The van der Waals surface area contributed by atoms with Gasteiger partial charge in [0.15, 0.2) is 0 Å². The molecule has 20 heavy (non-hydrogen) atoms. The van der Waals surface area contributed by atoms with Gasteiger partial charge in [0.25, 0.3) is 0 Å². The molecule has 0 saturated carbocycles. The molecule has 0 radical (unpaired) electrons. The van der Waals surface area contributed by atoms with E-state index in [0.717, 1.165) is 12.8 Å². The Morgan fingerprint density at radius 1 is 1.25 bits per heavy atom. The van der Waals surface area contributed by atoms with Crippen LogP contribution in [0.4, 0.5) is 4.39 Å². The molecular formula is C17H17ClFN. The Hall–Kier alpha value is -1.38. The van der Waals surface area contributed by atoms with E-state index in [0.29, 0.717) is 22.9 Å². The minimum atomic E-state index is -0.265. The van der Waals surface area contributed by atoms with Crippen molar-refractivity contribution in [3.05, 3.63) is 70.0 Å². The van der Waals surface area contributed by atoms with E-state index in [-0.39, 0.29) is 11.9 Å². The highest BCUT2D eigenvalue weighted by atomic mass is 35.5. The fraction of sp³-hybridized carbons (Fsp3) is 0.294. The summed E-state index contributed by atoms with van der Waals surface area (Å²) in [5.41, 5.74) is 9.69. The lowest BCUT2D eigenvalue weighted by Gasteiger charge is -2.20. The molecule has 1 aliphatic rings. The Morgan fingerprint density at radius 2 is 2.05 bits per heavy atom. The van der Waals surface area contributed by atoms with Crippen LogP contribution < -0.4 is 5.73 Å². The van der Waals surface area contributed by atoms with E-state index in [9.17, 15) is 4.39 Å². The van der Waals surface area contributed by atoms with Gasteiger partial charge in [0.1, 0.15) is 5.82 Å². The predicted molar refractivity (Wildman–Crippen MR) is 80.6 cm³/mol. The van der Waals surface area contributed by atoms with Gasteiger partial charge >= 0.3 is 0 Å². The topological polar surface area (TPSA) is 26.0 Å². The van der Waals surface area contributed by atoms with Crippen LogP contribution in [-0.4, -0.2) is 6.04 Å². The van der Waals surface area contributed by atoms with Crippen molar-refractivity contribution in [3.63, 3.8) is 0 Å². The van der Waals surface area contributed by atoms with Gasteiger partial charge < -0.3 is 5.73 Å². The van der Waals surface area contributed by atoms with E-state index in [1.807, 2.05) is 6.07 Å². The highest BCUT2D eigenvalue weighted by molar-refractivity contribution is 6.30. The summed E-state index contributed by atoms with van der Waals surface area (Å²) in [6.07, 6.45) is 2.66. The summed E-state index contributed by atoms with van der Waals surface area (Å²) in [6.45, 7) is 0. The third-order valence-electron chi connectivity index (χ3n) is 4.17. The molecule has 0 saturated heterocycles. The van der Waals surface area contributed by atoms with Gasteiger partial charge in [0.05, 0.1) is 0 Å². The van der Waals surface area contributed by atoms with Gasteiger partial charge in [-0.25, -0.2) is 4.39 Å². The zero-order valence-electron chi connectivity index (χ0n) is 11.2. The average Bonchev–Trinajstić information content (AvgIpc) is 2.86. The molecule has 0 spiro atoms. The number of nitrogens with two attached hydrogens (primary N) is 1. The van der Waals surface area contributed by atoms with Crippen LogP contribution in [-0.2, 0) is 12.8 Å².